The van der Waals surface area contributed by atoms with Gasteiger partial charge in [-0.1, -0.05) is 6.07 Å². The van der Waals surface area contributed by atoms with Gasteiger partial charge in [0, 0.05) is 7.11 Å². The maximum atomic E-state index is 13.1. The topological polar surface area (TPSA) is 47.6 Å². The molecular weight excluding hydrogens is 232 g/mol. The predicted molar refractivity (Wildman–Crippen MR) is 54.4 cm³/mol. The highest BCUT2D eigenvalue weighted by Gasteiger charge is 2.35. The number of rotatable bonds is 3. The van der Waals surface area contributed by atoms with Crippen LogP contribution < -0.4 is 5.32 Å². The second-order valence-electron chi connectivity index (χ2n) is 3.69. The van der Waals surface area contributed by atoms with Crippen LogP contribution in [0.5, 0.6) is 0 Å². The summed E-state index contributed by atoms with van der Waals surface area (Å²) in [5.74, 6) is -1.89. The minimum Gasteiger partial charge on any atom is -0.441 e. The van der Waals surface area contributed by atoms with Crippen LogP contribution in [0.3, 0.4) is 0 Å². The fourth-order valence-corrected chi connectivity index (χ4v) is 1.76. The molecule has 4 nitrogen and oxygen atoms in total. The summed E-state index contributed by atoms with van der Waals surface area (Å²) >= 11 is 0. The number of alkyl carbamates (subject to hydrolysis) is 1. The van der Waals surface area contributed by atoms with Crippen molar-refractivity contribution in [2.75, 3.05) is 13.7 Å². The second-order valence-corrected chi connectivity index (χ2v) is 3.69. The van der Waals surface area contributed by atoms with Crippen molar-refractivity contribution >= 4 is 6.09 Å². The number of carbonyl (C=O) groups is 1. The summed E-state index contributed by atoms with van der Waals surface area (Å²) in [5, 5.41) is 2.52. The molecule has 0 saturated carbocycles. The Bertz CT molecular complexity index is 439. The van der Waals surface area contributed by atoms with Crippen molar-refractivity contribution in [2.24, 2.45) is 0 Å². The lowest BCUT2D eigenvalue weighted by atomic mass is 10.0. The van der Waals surface area contributed by atoms with Crippen molar-refractivity contribution in [3.8, 4) is 0 Å². The Morgan fingerprint density at radius 1 is 1.41 bits per heavy atom. The molecule has 17 heavy (non-hydrogen) atoms. The molecule has 2 atom stereocenters. The van der Waals surface area contributed by atoms with E-state index in [9.17, 15) is 13.6 Å². The molecule has 1 amide bonds. The zero-order valence-corrected chi connectivity index (χ0v) is 9.07. The first-order valence-corrected chi connectivity index (χ1v) is 5.03. The summed E-state index contributed by atoms with van der Waals surface area (Å²) in [7, 11) is 1.47. The van der Waals surface area contributed by atoms with Crippen molar-refractivity contribution in [2.45, 2.75) is 12.1 Å². The number of hydrogen-bond acceptors (Lipinski definition) is 3. The normalized spacial score (nSPS) is 23.4. The lowest BCUT2D eigenvalue weighted by Crippen LogP contribution is -2.26. The van der Waals surface area contributed by atoms with Gasteiger partial charge in [0.15, 0.2) is 17.7 Å². The minimum atomic E-state index is -0.959. The standard InChI is InChI=1S/C11H11F2NO3/c1-16-5-9-10(14-11(15)17-9)6-2-3-7(12)8(13)4-6/h2-4,9-10H,5H2,1H3,(H,14,15)/t9-,10-/m0/s1. The van der Waals surface area contributed by atoms with E-state index in [0.29, 0.717) is 5.56 Å². The number of nitrogens with one attached hydrogen (secondary N) is 1. The van der Waals surface area contributed by atoms with Gasteiger partial charge >= 0.3 is 6.09 Å². The van der Waals surface area contributed by atoms with Crippen LogP contribution in [0.1, 0.15) is 11.6 Å². The lowest BCUT2D eigenvalue weighted by molar-refractivity contribution is 0.0590. The van der Waals surface area contributed by atoms with Crippen LogP contribution in [0.25, 0.3) is 0 Å². The molecule has 1 heterocycles. The third kappa shape index (κ3) is 2.36. The van der Waals surface area contributed by atoms with Crippen molar-refractivity contribution < 1.29 is 23.0 Å². The zero-order chi connectivity index (χ0) is 12.4. The largest absolute Gasteiger partial charge is 0.441 e. The van der Waals surface area contributed by atoms with Crippen LogP contribution >= 0.6 is 0 Å². The molecule has 1 N–H and O–H groups in total. The van der Waals surface area contributed by atoms with Crippen molar-refractivity contribution in [1.82, 2.24) is 5.32 Å². The van der Waals surface area contributed by atoms with Gasteiger partial charge in [0.2, 0.25) is 0 Å². The van der Waals surface area contributed by atoms with E-state index in [2.05, 4.69) is 5.32 Å². The number of amides is 1. The third-order valence-corrected chi connectivity index (χ3v) is 2.54. The van der Waals surface area contributed by atoms with E-state index >= 15 is 0 Å². The quantitative estimate of drug-likeness (QED) is 0.880. The Hall–Kier alpha value is -1.69. The number of halogens is 2. The fraction of sp³-hybridized carbons (Fsp3) is 0.364. The average molecular weight is 243 g/mol. The summed E-state index contributed by atoms with van der Waals surface area (Å²) in [6.07, 6.45) is -1.14. The number of benzene rings is 1. The first-order valence-electron chi connectivity index (χ1n) is 5.03. The monoisotopic (exact) mass is 243 g/mol. The average Bonchev–Trinajstić information content (AvgIpc) is 2.64. The molecule has 0 aliphatic carbocycles. The molecule has 92 valence electrons. The van der Waals surface area contributed by atoms with Gasteiger partial charge in [-0.25, -0.2) is 13.6 Å². The van der Waals surface area contributed by atoms with E-state index in [1.54, 1.807) is 0 Å². The van der Waals surface area contributed by atoms with Gasteiger partial charge in [-0.05, 0) is 17.7 Å². The molecular formula is C11H11F2NO3. The van der Waals surface area contributed by atoms with E-state index < -0.39 is 29.9 Å². The second kappa shape index (κ2) is 4.67. The van der Waals surface area contributed by atoms with E-state index in [-0.39, 0.29) is 6.61 Å². The molecule has 0 spiro atoms. The van der Waals surface area contributed by atoms with Crippen LogP contribution in [-0.4, -0.2) is 25.9 Å². The number of ether oxygens (including phenoxy) is 2. The highest BCUT2D eigenvalue weighted by Crippen LogP contribution is 2.26. The SMILES string of the molecule is COC[C@@H]1OC(=O)N[C@H]1c1ccc(F)c(F)c1. The van der Waals surface area contributed by atoms with E-state index in [1.165, 1.54) is 13.2 Å². The minimum absolute atomic E-state index is 0.183. The molecule has 0 radical (unpaired) electrons. The molecule has 0 aromatic heterocycles. The molecule has 1 aliphatic heterocycles. The number of carbonyl (C=O) groups excluding carboxylic acids is 1. The molecule has 2 rings (SSSR count). The van der Waals surface area contributed by atoms with Gasteiger partial charge in [0.05, 0.1) is 12.6 Å². The molecule has 0 unspecified atom stereocenters. The smallest absolute Gasteiger partial charge is 0.408 e. The Morgan fingerprint density at radius 3 is 2.82 bits per heavy atom. The van der Waals surface area contributed by atoms with Crippen LogP contribution in [0, 0.1) is 11.6 Å². The summed E-state index contributed by atoms with van der Waals surface area (Å²) in [6.45, 7) is 0.183. The van der Waals surface area contributed by atoms with Gasteiger partial charge < -0.3 is 14.8 Å². The lowest BCUT2D eigenvalue weighted by Gasteiger charge is -2.16. The third-order valence-electron chi connectivity index (χ3n) is 2.54. The Morgan fingerprint density at radius 2 is 2.18 bits per heavy atom. The molecule has 6 heteroatoms. The highest BCUT2D eigenvalue weighted by molar-refractivity contribution is 5.70. The molecule has 1 saturated heterocycles. The molecule has 0 bridgehead atoms. The number of methoxy groups -OCH3 is 1. The van der Waals surface area contributed by atoms with Gasteiger partial charge in [0.1, 0.15) is 0 Å². The predicted octanol–water partition coefficient (Wildman–Crippen LogP) is 1.76. The highest BCUT2D eigenvalue weighted by atomic mass is 19.2. The Balaban J connectivity index is 2.25. The molecule has 1 aromatic carbocycles. The van der Waals surface area contributed by atoms with Crippen LogP contribution in [0.15, 0.2) is 18.2 Å². The van der Waals surface area contributed by atoms with Gasteiger partial charge in [-0.3, -0.25) is 0 Å². The first kappa shape index (κ1) is 11.8. The Kier molecular flexibility index (Phi) is 3.23. The van der Waals surface area contributed by atoms with Crippen molar-refractivity contribution in [1.29, 1.82) is 0 Å². The van der Waals surface area contributed by atoms with E-state index in [1.807, 2.05) is 0 Å². The van der Waals surface area contributed by atoms with E-state index in [0.717, 1.165) is 12.1 Å². The summed E-state index contributed by atoms with van der Waals surface area (Å²) in [5.41, 5.74) is 0.441. The van der Waals surface area contributed by atoms with Gasteiger partial charge in [-0.15, -0.1) is 0 Å². The van der Waals surface area contributed by atoms with E-state index in [4.69, 9.17) is 9.47 Å². The van der Waals surface area contributed by atoms with Gasteiger partial charge in [-0.2, -0.15) is 0 Å². The first-order chi connectivity index (χ1) is 8.11. The zero-order valence-electron chi connectivity index (χ0n) is 9.07. The summed E-state index contributed by atoms with van der Waals surface area (Å²) < 4.78 is 35.7. The van der Waals surface area contributed by atoms with Crippen LogP contribution in [-0.2, 0) is 9.47 Å². The maximum absolute atomic E-state index is 13.1. The summed E-state index contributed by atoms with van der Waals surface area (Å²) in [6, 6.07) is 2.93. The van der Waals surface area contributed by atoms with Crippen LogP contribution in [0.4, 0.5) is 13.6 Å². The summed E-state index contributed by atoms with van der Waals surface area (Å²) in [4.78, 5) is 11.1. The molecule has 1 aromatic rings. The molecule has 1 fully saturated rings. The van der Waals surface area contributed by atoms with Crippen molar-refractivity contribution in [3.05, 3.63) is 35.4 Å². The molecule has 1 aliphatic rings. The number of cyclic esters (lactones) is 1. The Labute approximate surface area is 96.5 Å². The fourth-order valence-electron chi connectivity index (χ4n) is 1.76. The van der Waals surface area contributed by atoms with Crippen molar-refractivity contribution in [3.63, 3.8) is 0 Å². The van der Waals surface area contributed by atoms with Gasteiger partial charge in [0.25, 0.3) is 0 Å². The van der Waals surface area contributed by atoms with Crippen LogP contribution in [0.2, 0.25) is 0 Å². The number of hydrogen-bond donors (Lipinski definition) is 1. The maximum Gasteiger partial charge on any atom is 0.408 e.